The molecule has 0 aliphatic heterocycles. The van der Waals surface area contributed by atoms with Gasteiger partial charge in [0.2, 0.25) is 0 Å². The fraction of sp³-hybridized carbons (Fsp3) is 0.538. The molecule has 0 aliphatic carbocycles. The van der Waals surface area contributed by atoms with Gasteiger partial charge < -0.3 is 5.73 Å². The van der Waals surface area contributed by atoms with Gasteiger partial charge in [-0.15, -0.1) is 0 Å². The Morgan fingerprint density at radius 1 is 1.29 bits per heavy atom. The van der Waals surface area contributed by atoms with Crippen molar-refractivity contribution in [2.24, 2.45) is 5.73 Å². The third-order valence-corrected chi connectivity index (χ3v) is 4.49. The molecule has 4 heteroatoms. The zero-order chi connectivity index (χ0) is 12.9. The summed E-state index contributed by atoms with van der Waals surface area (Å²) in [5.74, 6) is 0.422. The van der Waals surface area contributed by atoms with E-state index in [0.717, 1.165) is 29.5 Å². The summed E-state index contributed by atoms with van der Waals surface area (Å²) in [6.07, 6.45) is 1.65. The molecule has 0 atom stereocenters. The lowest BCUT2D eigenvalue weighted by Gasteiger charge is -2.08. The fourth-order valence-electron chi connectivity index (χ4n) is 1.72. The second kappa shape index (κ2) is 6.17. The van der Waals surface area contributed by atoms with Crippen molar-refractivity contribution in [1.29, 1.82) is 0 Å². The average molecular weight is 255 g/mol. The highest BCUT2D eigenvalue weighted by atomic mass is 32.2. The predicted octanol–water partition coefficient (Wildman–Crippen LogP) is 2.17. The molecule has 0 saturated carbocycles. The molecule has 96 valence electrons. The van der Waals surface area contributed by atoms with Crippen molar-refractivity contribution in [2.45, 2.75) is 39.0 Å². The molecule has 3 nitrogen and oxygen atoms in total. The molecule has 0 amide bonds. The number of unbranched alkanes of at least 4 members (excludes halogenated alkanes) is 1. The van der Waals surface area contributed by atoms with Crippen molar-refractivity contribution < 1.29 is 8.42 Å². The van der Waals surface area contributed by atoms with Crippen LogP contribution in [0.5, 0.6) is 0 Å². The zero-order valence-corrected chi connectivity index (χ0v) is 11.4. The first kappa shape index (κ1) is 14.2. The van der Waals surface area contributed by atoms with Crippen LogP contribution in [0.2, 0.25) is 0 Å². The van der Waals surface area contributed by atoms with Gasteiger partial charge in [0.05, 0.1) is 11.5 Å². The molecule has 0 fully saturated rings. The quantitative estimate of drug-likeness (QED) is 0.847. The molecule has 2 N–H and O–H groups in total. The lowest BCUT2D eigenvalue weighted by Crippen LogP contribution is -2.10. The summed E-state index contributed by atoms with van der Waals surface area (Å²) < 4.78 is 23.7. The first-order chi connectivity index (χ1) is 7.98. The van der Waals surface area contributed by atoms with E-state index in [0.29, 0.717) is 6.54 Å². The van der Waals surface area contributed by atoms with E-state index in [1.807, 2.05) is 32.0 Å². The van der Waals surface area contributed by atoms with E-state index in [-0.39, 0.29) is 11.5 Å². The summed E-state index contributed by atoms with van der Waals surface area (Å²) in [6, 6.07) is 5.74. The normalized spacial score (nSPS) is 11.7. The van der Waals surface area contributed by atoms with Crippen LogP contribution in [-0.4, -0.2) is 14.2 Å². The van der Waals surface area contributed by atoms with Crippen LogP contribution in [0.15, 0.2) is 18.2 Å². The number of hydrogen-bond acceptors (Lipinski definition) is 3. The number of benzene rings is 1. The summed E-state index contributed by atoms with van der Waals surface area (Å²) in [5, 5.41) is 0. The van der Waals surface area contributed by atoms with Crippen LogP contribution in [0.3, 0.4) is 0 Å². The van der Waals surface area contributed by atoms with Gasteiger partial charge >= 0.3 is 0 Å². The second-order valence-electron chi connectivity index (χ2n) is 4.41. The van der Waals surface area contributed by atoms with Crippen molar-refractivity contribution in [3.63, 3.8) is 0 Å². The molecule has 17 heavy (non-hydrogen) atoms. The molecule has 1 rings (SSSR count). The van der Waals surface area contributed by atoms with E-state index in [2.05, 4.69) is 0 Å². The molecule has 0 aliphatic rings. The van der Waals surface area contributed by atoms with Gasteiger partial charge in [0.1, 0.15) is 0 Å². The zero-order valence-electron chi connectivity index (χ0n) is 10.6. The highest BCUT2D eigenvalue weighted by molar-refractivity contribution is 7.90. The molecule has 0 saturated heterocycles. The lowest BCUT2D eigenvalue weighted by molar-refractivity contribution is 0.591. The molecule has 0 bridgehead atoms. The molecule has 0 radical (unpaired) electrons. The van der Waals surface area contributed by atoms with Crippen molar-refractivity contribution in [3.8, 4) is 0 Å². The third kappa shape index (κ3) is 4.48. The number of nitrogens with two attached hydrogens (primary N) is 1. The van der Waals surface area contributed by atoms with Crippen LogP contribution in [-0.2, 0) is 22.1 Å². The molecule has 0 unspecified atom stereocenters. The Hall–Kier alpha value is -0.870. The highest BCUT2D eigenvalue weighted by Crippen LogP contribution is 2.15. The Labute approximate surface area is 104 Å². The maximum absolute atomic E-state index is 11.8. The minimum Gasteiger partial charge on any atom is -0.326 e. The summed E-state index contributed by atoms with van der Waals surface area (Å²) >= 11 is 0. The maximum atomic E-state index is 11.8. The molecule has 0 heterocycles. The van der Waals surface area contributed by atoms with Crippen LogP contribution >= 0.6 is 0 Å². The molecule has 0 aromatic heterocycles. The largest absolute Gasteiger partial charge is 0.326 e. The Kier molecular flexibility index (Phi) is 5.15. The summed E-state index contributed by atoms with van der Waals surface area (Å²) in [7, 11) is -2.97. The monoisotopic (exact) mass is 255 g/mol. The van der Waals surface area contributed by atoms with Gasteiger partial charge in [0.15, 0.2) is 9.84 Å². The van der Waals surface area contributed by atoms with E-state index in [1.165, 1.54) is 0 Å². The van der Waals surface area contributed by atoms with Crippen LogP contribution in [0.25, 0.3) is 0 Å². The summed E-state index contributed by atoms with van der Waals surface area (Å²) in [5.41, 5.74) is 8.48. The second-order valence-corrected chi connectivity index (χ2v) is 6.59. The summed E-state index contributed by atoms with van der Waals surface area (Å²) in [4.78, 5) is 0. The Morgan fingerprint density at radius 2 is 2.00 bits per heavy atom. The van der Waals surface area contributed by atoms with Gasteiger partial charge in [-0.05, 0) is 30.0 Å². The van der Waals surface area contributed by atoms with Gasteiger partial charge in [-0.3, -0.25) is 0 Å². The van der Waals surface area contributed by atoms with Gasteiger partial charge in [-0.1, -0.05) is 31.5 Å². The smallest absolute Gasteiger partial charge is 0.154 e. The maximum Gasteiger partial charge on any atom is 0.154 e. The minimum absolute atomic E-state index is 0.143. The fourth-order valence-corrected chi connectivity index (χ4v) is 3.39. The lowest BCUT2D eigenvalue weighted by atomic mass is 10.1. The van der Waals surface area contributed by atoms with Crippen molar-refractivity contribution in [3.05, 3.63) is 34.9 Å². The molecular weight excluding hydrogens is 234 g/mol. The van der Waals surface area contributed by atoms with Crippen molar-refractivity contribution >= 4 is 9.84 Å². The Balaban J connectivity index is 2.81. The van der Waals surface area contributed by atoms with Gasteiger partial charge in [-0.2, -0.15) is 0 Å². The van der Waals surface area contributed by atoms with E-state index < -0.39 is 9.84 Å². The van der Waals surface area contributed by atoms with Crippen LogP contribution in [0, 0.1) is 6.92 Å². The third-order valence-electron chi connectivity index (χ3n) is 2.83. The Morgan fingerprint density at radius 3 is 2.53 bits per heavy atom. The molecule has 0 spiro atoms. The number of hydrogen-bond donors (Lipinski definition) is 1. The number of sulfone groups is 1. The first-order valence-electron chi connectivity index (χ1n) is 5.97. The topological polar surface area (TPSA) is 60.2 Å². The van der Waals surface area contributed by atoms with Crippen molar-refractivity contribution in [2.75, 3.05) is 5.75 Å². The van der Waals surface area contributed by atoms with Crippen LogP contribution in [0.1, 0.15) is 36.5 Å². The average Bonchev–Trinajstić information content (AvgIpc) is 2.29. The number of rotatable bonds is 6. The van der Waals surface area contributed by atoms with Gasteiger partial charge in [0.25, 0.3) is 0 Å². The van der Waals surface area contributed by atoms with Crippen LogP contribution in [0.4, 0.5) is 0 Å². The minimum atomic E-state index is -2.97. The standard InChI is InChI=1S/C13H21NO2S/c1-3-4-7-17(15,16)10-13-6-5-12(9-14)8-11(13)2/h5-6,8H,3-4,7,9-10,14H2,1-2H3. The SMILES string of the molecule is CCCCS(=O)(=O)Cc1ccc(CN)cc1C. The van der Waals surface area contributed by atoms with E-state index in [4.69, 9.17) is 5.73 Å². The Bertz CT molecular complexity index is 466. The summed E-state index contributed by atoms with van der Waals surface area (Å²) in [6.45, 7) is 4.42. The van der Waals surface area contributed by atoms with Crippen LogP contribution < -0.4 is 5.73 Å². The highest BCUT2D eigenvalue weighted by Gasteiger charge is 2.12. The van der Waals surface area contributed by atoms with E-state index in [9.17, 15) is 8.42 Å². The first-order valence-corrected chi connectivity index (χ1v) is 7.79. The van der Waals surface area contributed by atoms with Crippen molar-refractivity contribution in [1.82, 2.24) is 0 Å². The number of aryl methyl sites for hydroxylation is 1. The van der Waals surface area contributed by atoms with E-state index >= 15 is 0 Å². The van der Waals surface area contributed by atoms with Gasteiger partial charge in [0, 0.05) is 6.54 Å². The predicted molar refractivity (Wildman–Crippen MR) is 71.5 cm³/mol. The molecular formula is C13H21NO2S. The van der Waals surface area contributed by atoms with E-state index in [1.54, 1.807) is 0 Å². The van der Waals surface area contributed by atoms with Gasteiger partial charge in [-0.25, -0.2) is 8.42 Å². The molecule has 1 aromatic carbocycles. The molecule has 1 aromatic rings.